The van der Waals surface area contributed by atoms with Crippen molar-refractivity contribution in [3.63, 3.8) is 0 Å². The van der Waals surface area contributed by atoms with Crippen LogP contribution in [0.25, 0.3) is 22.6 Å². The molecule has 1 N–H and O–H groups in total. The zero-order chi connectivity index (χ0) is 19.3. The number of benzene rings is 2. The van der Waals surface area contributed by atoms with Crippen molar-refractivity contribution < 1.29 is 9.47 Å². The number of aromatic amines is 1. The summed E-state index contributed by atoms with van der Waals surface area (Å²) in [4.78, 5) is 7.80. The molecule has 0 spiro atoms. The number of ether oxygens (including phenoxy) is 2. The largest absolute Gasteiger partial charge is 0.493 e. The van der Waals surface area contributed by atoms with E-state index in [1.807, 2.05) is 48.0 Å². The molecule has 4 rings (SSSR count). The number of methoxy groups -OCH3 is 1. The Morgan fingerprint density at radius 3 is 2.64 bits per heavy atom. The first-order valence-corrected chi connectivity index (χ1v) is 9.59. The topological polar surface area (TPSA) is 70.9 Å². The molecule has 0 unspecified atom stereocenters. The van der Waals surface area contributed by atoms with E-state index in [1.165, 1.54) is 0 Å². The molecule has 6 heteroatoms. The van der Waals surface area contributed by atoms with E-state index in [0.717, 1.165) is 28.2 Å². The van der Waals surface area contributed by atoms with Gasteiger partial charge in [0.1, 0.15) is 12.4 Å². The number of hydrogen-bond donors (Lipinski definition) is 1. The van der Waals surface area contributed by atoms with Crippen molar-refractivity contribution in [2.24, 2.45) is 0 Å². The molecule has 4 aromatic rings. The average Bonchev–Trinajstić information content (AvgIpc) is 3.44. The summed E-state index contributed by atoms with van der Waals surface area (Å²) in [7, 11) is 1.62. The maximum absolute atomic E-state index is 8.88. The highest BCUT2D eigenvalue weighted by molar-refractivity contribution is 7.08. The Morgan fingerprint density at radius 2 is 1.93 bits per heavy atom. The third kappa shape index (κ3) is 3.75. The lowest BCUT2D eigenvalue weighted by atomic mass is 10.1. The third-order valence-corrected chi connectivity index (χ3v) is 5.01. The smallest absolute Gasteiger partial charge is 0.161 e. The van der Waals surface area contributed by atoms with Crippen molar-refractivity contribution in [1.82, 2.24) is 9.97 Å². The number of thiophene rings is 1. The quantitative estimate of drug-likeness (QED) is 0.490. The van der Waals surface area contributed by atoms with Crippen LogP contribution in [-0.2, 0) is 6.61 Å². The van der Waals surface area contributed by atoms with E-state index in [2.05, 4.69) is 21.4 Å². The van der Waals surface area contributed by atoms with E-state index in [4.69, 9.17) is 14.7 Å². The molecule has 0 saturated heterocycles. The molecule has 0 aliphatic rings. The van der Waals surface area contributed by atoms with E-state index < -0.39 is 0 Å². The second kappa shape index (κ2) is 7.99. The van der Waals surface area contributed by atoms with Crippen molar-refractivity contribution >= 4 is 11.3 Å². The zero-order valence-corrected chi connectivity index (χ0v) is 16.0. The Morgan fingerprint density at radius 1 is 1.07 bits per heavy atom. The van der Waals surface area contributed by atoms with Gasteiger partial charge in [0.2, 0.25) is 0 Å². The summed E-state index contributed by atoms with van der Waals surface area (Å²) in [6, 6.07) is 17.3. The summed E-state index contributed by atoms with van der Waals surface area (Å²) in [5.41, 5.74) is 4.58. The summed E-state index contributed by atoms with van der Waals surface area (Å²) in [6.45, 7) is 0.397. The first-order chi connectivity index (χ1) is 13.8. The van der Waals surface area contributed by atoms with Gasteiger partial charge < -0.3 is 14.5 Å². The van der Waals surface area contributed by atoms with Crippen molar-refractivity contribution in [2.45, 2.75) is 6.61 Å². The van der Waals surface area contributed by atoms with E-state index in [9.17, 15) is 0 Å². The van der Waals surface area contributed by atoms with Gasteiger partial charge in [-0.25, -0.2) is 4.98 Å². The fourth-order valence-electron chi connectivity index (χ4n) is 2.80. The molecule has 0 radical (unpaired) electrons. The van der Waals surface area contributed by atoms with E-state index in [1.54, 1.807) is 30.6 Å². The fraction of sp³-hybridized carbons (Fsp3) is 0.0909. The molecular formula is C22H17N3O2S. The van der Waals surface area contributed by atoms with Gasteiger partial charge in [-0.15, -0.1) is 0 Å². The fourth-order valence-corrected chi connectivity index (χ4v) is 3.45. The molecule has 0 saturated carbocycles. The van der Waals surface area contributed by atoms with Gasteiger partial charge in [0.15, 0.2) is 11.5 Å². The van der Waals surface area contributed by atoms with Gasteiger partial charge in [0.25, 0.3) is 0 Å². The normalized spacial score (nSPS) is 10.4. The van der Waals surface area contributed by atoms with Gasteiger partial charge in [0, 0.05) is 16.5 Å². The van der Waals surface area contributed by atoms with Crippen LogP contribution >= 0.6 is 11.3 Å². The molecular weight excluding hydrogens is 370 g/mol. The van der Waals surface area contributed by atoms with Crippen molar-refractivity contribution in [1.29, 1.82) is 5.26 Å². The lowest BCUT2D eigenvalue weighted by Gasteiger charge is -2.12. The third-order valence-electron chi connectivity index (χ3n) is 4.32. The number of H-pyrrole nitrogens is 1. The van der Waals surface area contributed by atoms with Crippen LogP contribution in [0.1, 0.15) is 11.1 Å². The lowest BCUT2D eigenvalue weighted by Crippen LogP contribution is -1.98. The van der Waals surface area contributed by atoms with Gasteiger partial charge >= 0.3 is 0 Å². The van der Waals surface area contributed by atoms with Gasteiger partial charge in [-0.2, -0.15) is 16.6 Å². The molecule has 28 heavy (non-hydrogen) atoms. The van der Waals surface area contributed by atoms with Crippen LogP contribution in [0.3, 0.4) is 0 Å². The highest BCUT2D eigenvalue weighted by atomic mass is 32.1. The zero-order valence-electron chi connectivity index (χ0n) is 15.2. The van der Waals surface area contributed by atoms with E-state index in [-0.39, 0.29) is 0 Å². The minimum Gasteiger partial charge on any atom is -0.493 e. The molecule has 2 aromatic heterocycles. The van der Waals surface area contributed by atoms with Crippen LogP contribution in [0.4, 0.5) is 0 Å². The predicted octanol–water partition coefficient (Wildman–Crippen LogP) is 5.26. The van der Waals surface area contributed by atoms with Crippen LogP contribution in [0.5, 0.6) is 11.5 Å². The maximum atomic E-state index is 8.88. The van der Waals surface area contributed by atoms with Crippen LogP contribution in [0, 0.1) is 11.3 Å². The number of rotatable bonds is 6. The number of nitrogens with zero attached hydrogens (tertiary/aromatic N) is 2. The SMILES string of the molecule is COc1cc(-c2cnc(-c3ccsc3)[nH]2)ccc1OCc1ccc(C#N)cc1. The van der Waals surface area contributed by atoms with Crippen LogP contribution in [-0.4, -0.2) is 17.1 Å². The minimum absolute atomic E-state index is 0.397. The lowest BCUT2D eigenvalue weighted by molar-refractivity contribution is 0.284. The number of hydrogen-bond acceptors (Lipinski definition) is 5. The second-order valence-corrected chi connectivity index (χ2v) is 6.90. The van der Waals surface area contributed by atoms with Crippen molar-refractivity contribution in [2.75, 3.05) is 7.11 Å². The molecule has 2 heterocycles. The Balaban J connectivity index is 1.52. The summed E-state index contributed by atoms with van der Waals surface area (Å²) < 4.78 is 11.4. The Kier molecular flexibility index (Phi) is 5.09. The summed E-state index contributed by atoms with van der Waals surface area (Å²) in [5, 5.41) is 13.0. The highest BCUT2D eigenvalue weighted by Gasteiger charge is 2.10. The number of nitrogens with one attached hydrogen (secondary N) is 1. The highest BCUT2D eigenvalue weighted by Crippen LogP contribution is 2.33. The maximum Gasteiger partial charge on any atom is 0.161 e. The predicted molar refractivity (Wildman–Crippen MR) is 109 cm³/mol. The Labute approximate surface area is 166 Å². The summed E-state index contributed by atoms with van der Waals surface area (Å²) in [5.74, 6) is 2.15. The standard InChI is InChI=1S/C22H17N3O2S/c1-26-21-10-17(19-12-24-22(25-19)18-8-9-28-14-18)6-7-20(21)27-13-16-4-2-15(11-23)3-5-16/h2-10,12,14H,13H2,1H3,(H,24,25). The van der Waals surface area contributed by atoms with Gasteiger partial charge in [-0.05, 0) is 47.3 Å². The van der Waals surface area contributed by atoms with E-state index in [0.29, 0.717) is 23.7 Å². The average molecular weight is 387 g/mol. The van der Waals surface area contributed by atoms with Gasteiger partial charge in [0.05, 0.1) is 30.6 Å². The molecule has 0 aliphatic carbocycles. The molecule has 5 nitrogen and oxygen atoms in total. The van der Waals surface area contributed by atoms with Crippen LogP contribution in [0.2, 0.25) is 0 Å². The van der Waals surface area contributed by atoms with Crippen LogP contribution < -0.4 is 9.47 Å². The number of aromatic nitrogens is 2. The molecule has 2 aromatic carbocycles. The van der Waals surface area contributed by atoms with Crippen LogP contribution in [0.15, 0.2) is 65.5 Å². The number of nitriles is 1. The summed E-state index contributed by atoms with van der Waals surface area (Å²) >= 11 is 1.64. The molecule has 0 amide bonds. The minimum atomic E-state index is 0.397. The molecule has 0 atom stereocenters. The Bertz CT molecular complexity index is 1110. The van der Waals surface area contributed by atoms with Gasteiger partial charge in [-0.1, -0.05) is 12.1 Å². The molecule has 0 bridgehead atoms. The first kappa shape index (κ1) is 17.8. The Hall–Kier alpha value is -3.56. The molecule has 138 valence electrons. The molecule has 0 aliphatic heterocycles. The van der Waals surface area contributed by atoms with E-state index >= 15 is 0 Å². The molecule has 0 fully saturated rings. The monoisotopic (exact) mass is 387 g/mol. The first-order valence-electron chi connectivity index (χ1n) is 8.64. The second-order valence-electron chi connectivity index (χ2n) is 6.12. The van der Waals surface area contributed by atoms with Gasteiger partial charge in [-0.3, -0.25) is 0 Å². The van der Waals surface area contributed by atoms with Crippen molar-refractivity contribution in [3.05, 3.63) is 76.6 Å². The van der Waals surface area contributed by atoms with Crippen molar-refractivity contribution in [3.8, 4) is 40.2 Å². The number of imidazole rings is 1. The summed E-state index contributed by atoms with van der Waals surface area (Å²) in [6.07, 6.45) is 1.82.